The highest BCUT2D eigenvalue weighted by Crippen LogP contribution is 2.40. The Hall–Kier alpha value is -3.73. The number of benzene rings is 3. The molecule has 0 saturated carbocycles. The number of carbonyl (C=O) groups excluding carboxylic acids is 2. The van der Waals surface area contributed by atoms with Gasteiger partial charge in [-0.3, -0.25) is 9.59 Å². The van der Waals surface area contributed by atoms with Crippen molar-refractivity contribution < 1.29 is 19.1 Å². The van der Waals surface area contributed by atoms with E-state index in [4.69, 9.17) is 0 Å². The van der Waals surface area contributed by atoms with E-state index >= 15 is 0 Å². The van der Waals surface area contributed by atoms with Gasteiger partial charge in [0.1, 0.15) is 11.6 Å². The van der Waals surface area contributed by atoms with Crippen LogP contribution in [0, 0.1) is 19.7 Å². The van der Waals surface area contributed by atoms with Crippen LogP contribution in [-0.4, -0.2) is 28.2 Å². The second kappa shape index (κ2) is 8.79. The number of aliphatic hydroxyl groups excluding tert-OH is 1. The topological polar surface area (TPSA) is 57.6 Å². The third-order valence-corrected chi connectivity index (χ3v) is 5.87. The fourth-order valence-corrected chi connectivity index (χ4v) is 4.16. The lowest BCUT2D eigenvalue weighted by molar-refractivity contribution is -0.139. The number of Topliss-reactive ketones (excluding diaryl/α,β-unsaturated/α-hetero) is 1. The van der Waals surface area contributed by atoms with Crippen molar-refractivity contribution in [1.29, 1.82) is 0 Å². The Balaban J connectivity index is 1.84. The van der Waals surface area contributed by atoms with E-state index in [0.717, 1.165) is 16.7 Å². The maximum atomic E-state index is 14.9. The van der Waals surface area contributed by atoms with Crippen LogP contribution >= 0.6 is 0 Å². The molecule has 0 bridgehead atoms. The summed E-state index contributed by atoms with van der Waals surface area (Å²) in [5, 5.41) is 11.2. The van der Waals surface area contributed by atoms with Gasteiger partial charge in [0.2, 0.25) is 0 Å². The van der Waals surface area contributed by atoms with E-state index in [2.05, 4.69) is 0 Å². The zero-order valence-electron chi connectivity index (χ0n) is 18.0. The lowest BCUT2D eigenvalue weighted by Crippen LogP contribution is -2.32. The molecule has 0 radical (unpaired) electrons. The normalized spacial score (nSPS) is 17.7. The van der Waals surface area contributed by atoms with Crippen LogP contribution in [0.3, 0.4) is 0 Å². The number of hydrogen-bond acceptors (Lipinski definition) is 3. The minimum Gasteiger partial charge on any atom is -0.507 e. The fourth-order valence-electron chi connectivity index (χ4n) is 4.16. The van der Waals surface area contributed by atoms with E-state index in [-0.39, 0.29) is 23.4 Å². The third kappa shape index (κ3) is 3.94. The first-order valence-electron chi connectivity index (χ1n) is 10.5. The number of amides is 1. The first-order valence-corrected chi connectivity index (χ1v) is 10.5. The molecule has 4 nitrogen and oxygen atoms in total. The van der Waals surface area contributed by atoms with Gasteiger partial charge in [0.25, 0.3) is 11.7 Å². The average Bonchev–Trinajstić information content (AvgIpc) is 3.04. The summed E-state index contributed by atoms with van der Waals surface area (Å²) in [5.41, 5.74) is 3.23. The second-order valence-corrected chi connectivity index (χ2v) is 8.07. The minimum absolute atomic E-state index is 0.0816. The number of rotatable bonds is 5. The summed E-state index contributed by atoms with van der Waals surface area (Å²) in [7, 11) is 0. The molecule has 32 heavy (non-hydrogen) atoms. The zero-order chi connectivity index (χ0) is 22.8. The molecule has 1 heterocycles. The summed E-state index contributed by atoms with van der Waals surface area (Å²) in [6.45, 7) is 3.91. The Morgan fingerprint density at radius 3 is 2.38 bits per heavy atom. The number of halogens is 1. The van der Waals surface area contributed by atoms with Crippen molar-refractivity contribution in [2.75, 3.05) is 6.54 Å². The number of hydrogen-bond donors (Lipinski definition) is 1. The molecule has 5 heteroatoms. The number of aryl methyl sites for hydroxylation is 2. The molecule has 1 amide bonds. The first-order chi connectivity index (χ1) is 15.4. The van der Waals surface area contributed by atoms with Crippen LogP contribution in [0.1, 0.15) is 33.9 Å². The summed E-state index contributed by atoms with van der Waals surface area (Å²) >= 11 is 0. The number of likely N-dealkylation sites (tertiary alicyclic amines) is 1. The van der Waals surface area contributed by atoms with E-state index in [1.54, 1.807) is 24.3 Å². The zero-order valence-corrected chi connectivity index (χ0v) is 18.0. The molecule has 3 aromatic carbocycles. The van der Waals surface area contributed by atoms with Crippen LogP contribution in [0.25, 0.3) is 5.76 Å². The van der Waals surface area contributed by atoms with E-state index in [0.29, 0.717) is 12.0 Å². The largest absolute Gasteiger partial charge is 0.507 e. The molecule has 0 aliphatic carbocycles. The highest BCUT2D eigenvalue weighted by Gasteiger charge is 2.46. The average molecular weight is 429 g/mol. The number of carbonyl (C=O) groups is 2. The summed E-state index contributed by atoms with van der Waals surface area (Å²) in [4.78, 5) is 27.5. The van der Waals surface area contributed by atoms with Crippen molar-refractivity contribution in [2.24, 2.45) is 0 Å². The van der Waals surface area contributed by atoms with Gasteiger partial charge in [-0.2, -0.15) is 0 Å². The van der Waals surface area contributed by atoms with E-state index < -0.39 is 23.5 Å². The smallest absolute Gasteiger partial charge is 0.295 e. The Kier molecular flexibility index (Phi) is 5.91. The molecule has 1 unspecified atom stereocenters. The number of ketones is 1. The highest BCUT2D eigenvalue weighted by molar-refractivity contribution is 6.46. The van der Waals surface area contributed by atoms with Gasteiger partial charge < -0.3 is 10.0 Å². The maximum absolute atomic E-state index is 14.9. The molecular formula is C27H24FNO3. The van der Waals surface area contributed by atoms with Crippen LogP contribution in [0.2, 0.25) is 0 Å². The van der Waals surface area contributed by atoms with Crippen molar-refractivity contribution >= 4 is 17.4 Å². The summed E-state index contributed by atoms with van der Waals surface area (Å²) in [5.74, 6) is -2.35. The molecule has 1 aliphatic heterocycles. The lowest BCUT2D eigenvalue weighted by Gasteiger charge is -2.26. The van der Waals surface area contributed by atoms with Crippen LogP contribution in [0.15, 0.2) is 78.4 Å². The number of aliphatic hydroxyl groups is 1. The van der Waals surface area contributed by atoms with Crippen molar-refractivity contribution in [3.05, 3.63) is 112 Å². The molecule has 4 rings (SSSR count). The quantitative estimate of drug-likeness (QED) is 0.348. The van der Waals surface area contributed by atoms with Gasteiger partial charge in [0.05, 0.1) is 11.6 Å². The van der Waals surface area contributed by atoms with Gasteiger partial charge in [-0.05, 0) is 43.5 Å². The SMILES string of the molecule is Cc1ccc(C)c(/C(O)=C2\C(=O)C(=O)N(CCc3ccccc3)C2c2ccccc2F)c1. The van der Waals surface area contributed by atoms with Crippen LogP contribution < -0.4 is 0 Å². The second-order valence-electron chi connectivity index (χ2n) is 8.07. The molecule has 1 fully saturated rings. The van der Waals surface area contributed by atoms with Crippen molar-refractivity contribution in [3.63, 3.8) is 0 Å². The molecular weight excluding hydrogens is 405 g/mol. The maximum Gasteiger partial charge on any atom is 0.295 e. The predicted octanol–water partition coefficient (Wildman–Crippen LogP) is 5.11. The molecule has 1 saturated heterocycles. The van der Waals surface area contributed by atoms with Crippen molar-refractivity contribution in [2.45, 2.75) is 26.3 Å². The Morgan fingerprint density at radius 1 is 0.969 bits per heavy atom. The van der Waals surface area contributed by atoms with E-state index in [1.807, 2.05) is 56.3 Å². The van der Waals surface area contributed by atoms with Gasteiger partial charge in [-0.15, -0.1) is 0 Å². The Bertz CT molecular complexity index is 1220. The minimum atomic E-state index is -1.00. The highest BCUT2D eigenvalue weighted by atomic mass is 19.1. The molecule has 0 spiro atoms. The monoisotopic (exact) mass is 429 g/mol. The van der Waals surface area contributed by atoms with Crippen molar-refractivity contribution in [3.8, 4) is 0 Å². The summed E-state index contributed by atoms with van der Waals surface area (Å²) < 4.78 is 14.9. The van der Waals surface area contributed by atoms with Gasteiger partial charge >= 0.3 is 0 Å². The van der Waals surface area contributed by atoms with Gasteiger partial charge in [-0.1, -0.05) is 66.2 Å². The first kappa shape index (κ1) is 21.5. The van der Waals surface area contributed by atoms with Gasteiger partial charge in [-0.25, -0.2) is 4.39 Å². The molecule has 1 atom stereocenters. The molecule has 1 aliphatic rings. The van der Waals surface area contributed by atoms with Crippen LogP contribution in [0.5, 0.6) is 0 Å². The van der Waals surface area contributed by atoms with Gasteiger partial charge in [0.15, 0.2) is 0 Å². The molecule has 0 aromatic heterocycles. The summed E-state index contributed by atoms with van der Waals surface area (Å²) in [6.07, 6.45) is 0.502. The Labute approximate surface area is 186 Å². The fraction of sp³-hybridized carbons (Fsp3) is 0.185. The van der Waals surface area contributed by atoms with Crippen LogP contribution in [-0.2, 0) is 16.0 Å². The Morgan fingerprint density at radius 2 is 1.66 bits per heavy atom. The van der Waals surface area contributed by atoms with Crippen LogP contribution in [0.4, 0.5) is 4.39 Å². The molecule has 1 N–H and O–H groups in total. The predicted molar refractivity (Wildman–Crippen MR) is 121 cm³/mol. The third-order valence-electron chi connectivity index (χ3n) is 5.87. The van der Waals surface area contributed by atoms with E-state index in [9.17, 15) is 19.1 Å². The molecule has 162 valence electrons. The van der Waals surface area contributed by atoms with Gasteiger partial charge in [0, 0.05) is 17.7 Å². The number of nitrogens with zero attached hydrogens (tertiary/aromatic N) is 1. The lowest BCUT2D eigenvalue weighted by atomic mass is 9.93. The summed E-state index contributed by atoms with van der Waals surface area (Å²) in [6, 6.07) is 20.1. The van der Waals surface area contributed by atoms with Crippen molar-refractivity contribution in [1.82, 2.24) is 4.90 Å². The van der Waals surface area contributed by atoms with E-state index in [1.165, 1.54) is 11.0 Å². The standard InChI is InChI=1S/C27H24FNO3/c1-17-12-13-18(2)21(16-17)25(30)23-24(20-10-6-7-11-22(20)28)29(27(32)26(23)31)15-14-19-8-4-3-5-9-19/h3-13,16,24,30H,14-15H2,1-2H3/b25-23+. The molecule has 3 aromatic rings.